The summed E-state index contributed by atoms with van der Waals surface area (Å²) in [5.74, 6) is 2.48. The molecule has 0 saturated heterocycles. The van der Waals surface area contributed by atoms with E-state index in [1.165, 1.54) is 55.2 Å². The standard InChI is InChI=1S/C19H31N/c1-4-5-16-6-7-18(13-20)19(11-16)12-17-9-14(2)8-15(3)10-17/h8-10,16,18-19H,4-7,11-13,20H2,1-3H3. The molecule has 1 heteroatoms. The molecule has 1 fully saturated rings. The van der Waals surface area contributed by atoms with Crippen molar-refractivity contribution in [2.24, 2.45) is 23.5 Å². The minimum absolute atomic E-state index is 0.740. The SMILES string of the molecule is CCCC1CCC(CN)C(Cc2cc(C)cc(C)c2)C1. The minimum atomic E-state index is 0.740. The summed E-state index contributed by atoms with van der Waals surface area (Å²) >= 11 is 0. The molecule has 1 nitrogen and oxygen atoms in total. The van der Waals surface area contributed by atoms with Gasteiger partial charge < -0.3 is 5.73 Å². The predicted octanol–water partition coefficient (Wildman–Crippen LogP) is 4.64. The van der Waals surface area contributed by atoms with Crippen molar-refractivity contribution in [3.8, 4) is 0 Å². The normalized spacial score (nSPS) is 26.7. The van der Waals surface area contributed by atoms with Crippen LogP contribution in [0.5, 0.6) is 0 Å². The summed E-state index contributed by atoms with van der Waals surface area (Å²) < 4.78 is 0. The van der Waals surface area contributed by atoms with E-state index in [2.05, 4.69) is 39.0 Å². The Morgan fingerprint density at radius 1 is 1.05 bits per heavy atom. The van der Waals surface area contributed by atoms with Crippen LogP contribution in [0.3, 0.4) is 0 Å². The molecule has 0 aliphatic heterocycles. The van der Waals surface area contributed by atoms with Crippen LogP contribution >= 0.6 is 0 Å². The molecule has 0 amide bonds. The third kappa shape index (κ3) is 4.09. The van der Waals surface area contributed by atoms with Crippen LogP contribution in [0.2, 0.25) is 0 Å². The maximum atomic E-state index is 6.03. The molecule has 0 spiro atoms. The van der Waals surface area contributed by atoms with Crippen LogP contribution in [0.15, 0.2) is 18.2 Å². The first-order valence-corrected chi connectivity index (χ1v) is 8.39. The van der Waals surface area contributed by atoms with Gasteiger partial charge in [0.15, 0.2) is 0 Å². The van der Waals surface area contributed by atoms with Crippen molar-refractivity contribution in [2.45, 2.75) is 59.3 Å². The van der Waals surface area contributed by atoms with E-state index in [1.54, 1.807) is 0 Å². The van der Waals surface area contributed by atoms with Crippen molar-refractivity contribution in [1.82, 2.24) is 0 Å². The van der Waals surface area contributed by atoms with Crippen LogP contribution in [0.25, 0.3) is 0 Å². The van der Waals surface area contributed by atoms with Gasteiger partial charge in [-0.2, -0.15) is 0 Å². The van der Waals surface area contributed by atoms with Crippen LogP contribution in [-0.2, 0) is 6.42 Å². The molecule has 0 heterocycles. The number of benzene rings is 1. The van der Waals surface area contributed by atoms with Crippen molar-refractivity contribution >= 4 is 0 Å². The van der Waals surface area contributed by atoms with Gasteiger partial charge in [-0.1, -0.05) is 55.5 Å². The Morgan fingerprint density at radius 2 is 1.75 bits per heavy atom. The van der Waals surface area contributed by atoms with E-state index >= 15 is 0 Å². The first-order valence-electron chi connectivity index (χ1n) is 8.39. The minimum Gasteiger partial charge on any atom is -0.330 e. The molecule has 0 aromatic heterocycles. The fourth-order valence-electron chi connectivity index (χ4n) is 4.14. The molecule has 1 aromatic carbocycles. The van der Waals surface area contributed by atoms with Gasteiger partial charge in [-0.25, -0.2) is 0 Å². The lowest BCUT2D eigenvalue weighted by Crippen LogP contribution is -2.31. The summed E-state index contributed by atoms with van der Waals surface area (Å²) in [5, 5.41) is 0. The smallest absolute Gasteiger partial charge is 0.00461 e. The number of nitrogens with two attached hydrogens (primary N) is 1. The van der Waals surface area contributed by atoms with Gasteiger partial charge in [0.05, 0.1) is 0 Å². The molecular formula is C19H31N. The summed E-state index contributed by atoms with van der Waals surface area (Å²) in [6.45, 7) is 7.59. The lowest BCUT2D eigenvalue weighted by molar-refractivity contribution is 0.175. The number of rotatable bonds is 5. The van der Waals surface area contributed by atoms with Crippen molar-refractivity contribution in [3.05, 3.63) is 34.9 Å². The van der Waals surface area contributed by atoms with Crippen LogP contribution in [-0.4, -0.2) is 6.54 Å². The van der Waals surface area contributed by atoms with Crippen molar-refractivity contribution < 1.29 is 0 Å². The van der Waals surface area contributed by atoms with Crippen LogP contribution < -0.4 is 5.73 Å². The van der Waals surface area contributed by atoms with Gasteiger partial charge in [0.1, 0.15) is 0 Å². The summed E-state index contributed by atoms with van der Waals surface area (Å²) in [6.07, 6.45) is 8.10. The Bertz CT molecular complexity index is 404. The molecular weight excluding hydrogens is 242 g/mol. The highest BCUT2D eigenvalue weighted by Crippen LogP contribution is 2.37. The monoisotopic (exact) mass is 273 g/mol. The maximum Gasteiger partial charge on any atom is -0.00461 e. The van der Waals surface area contributed by atoms with E-state index in [1.807, 2.05) is 0 Å². The summed E-state index contributed by atoms with van der Waals surface area (Å²) in [7, 11) is 0. The predicted molar refractivity (Wildman–Crippen MR) is 87.9 cm³/mol. The fourth-order valence-corrected chi connectivity index (χ4v) is 4.14. The third-order valence-corrected chi connectivity index (χ3v) is 5.03. The zero-order chi connectivity index (χ0) is 14.5. The Labute approximate surface area is 125 Å². The van der Waals surface area contributed by atoms with Gasteiger partial charge in [-0.05, 0) is 63.0 Å². The largest absolute Gasteiger partial charge is 0.330 e. The van der Waals surface area contributed by atoms with Crippen molar-refractivity contribution in [3.63, 3.8) is 0 Å². The highest BCUT2D eigenvalue weighted by molar-refractivity contribution is 5.29. The van der Waals surface area contributed by atoms with Gasteiger partial charge >= 0.3 is 0 Å². The quantitative estimate of drug-likeness (QED) is 0.831. The van der Waals surface area contributed by atoms with Gasteiger partial charge in [-0.15, -0.1) is 0 Å². The lowest BCUT2D eigenvalue weighted by atomic mass is 9.70. The molecule has 2 rings (SSSR count). The number of hydrogen-bond donors (Lipinski definition) is 1. The highest BCUT2D eigenvalue weighted by Gasteiger charge is 2.29. The molecule has 3 atom stereocenters. The lowest BCUT2D eigenvalue weighted by Gasteiger charge is -2.36. The second-order valence-corrected chi connectivity index (χ2v) is 6.92. The van der Waals surface area contributed by atoms with Crippen molar-refractivity contribution in [1.29, 1.82) is 0 Å². The molecule has 112 valence electrons. The van der Waals surface area contributed by atoms with Gasteiger partial charge in [0, 0.05) is 0 Å². The molecule has 1 saturated carbocycles. The zero-order valence-electron chi connectivity index (χ0n) is 13.5. The Morgan fingerprint density at radius 3 is 2.35 bits per heavy atom. The van der Waals surface area contributed by atoms with Crippen LogP contribution in [0, 0.1) is 31.6 Å². The molecule has 0 radical (unpaired) electrons. The Balaban J connectivity index is 2.06. The van der Waals surface area contributed by atoms with Gasteiger partial charge in [0.25, 0.3) is 0 Å². The van der Waals surface area contributed by atoms with Crippen LogP contribution in [0.1, 0.15) is 55.7 Å². The maximum absolute atomic E-state index is 6.03. The topological polar surface area (TPSA) is 26.0 Å². The highest BCUT2D eigenvalue weighted by atomic mass is 14.6. The van der Waals surface area contributed by atoms with E-state index in [9.17, 15) is 0 Å². The first-order chi connectivity index (χ1) is 9.62. The average Bonchev–Trinajstić information content (AvgIpc) is 2.38. The van der Waals surface area contributed by atoms with E-state index in [4.69, 9.17) is 5.73 Å². The molecule has 3 unspecified atom stereocenters. The fraction of sp³-hybridized carbons (Fsp3) is 0.684. The summed E-state index contributed by atoms with van der Waals surface area (Å²) in [6, 6.07) is 7.00. The second-order valence-electron chi connectivity index (χ2n) is 6.92. The van der Waals surface area contributed by atoms with Crippen molar-refractivity contribution in [2.75, 3.05) is 6.54 Å². The van der Waals surface area contributed by atoms with Crippen LogP contribution in [0.4, 0.5) is 0 Å². The first kappa shape index (κ1) is 15.6. The average molecular weight is 273 g/mol. The second kappa shape index (κ2) is 7.26. The van der Waals surface area contributed by atoms with E-state index < -0.39 is 0 Å². The summed E-state index contributed by atoms with van der Waals surface area (Å²) in [5.41, 5.74) is 10.3. The van der Waals surface area contributed by atoms with E-state index in [-0.39, 0.29) is 0 Å². The van der Waals surface area contributed by atoms with Gasteiger partial charge in [-0.3, -0.25) is 0 Å². The third-order valence-electron chi connectivity index (χ3n) is 5.03. The molecule has 1 aliphatic rings. The number of aryl methyl sites for hydroxylation is 2. The van der Waals surface area contributed by atoms with E-state index in [0.717, 1.165) is 24.3 Å². The molecule has 2 N–H and O–H groups in total. The molecule has 0 bridgehead atoms. The molecule has 20 heavy (non-hydrogen) atoms. The van der Waals surface area contributed by atoms with Gasteiger partial charge in [0.2, 0.25) is 0 Å². The Kier molecular flexibility index (Phi) is 5.65. The molecule has 1 aromatic rings. The summed E-state index contributed by atoms with van der Waals surface area (Å²) in [4.78, 5) is 0. The molecule has 1 aliphatic carbocycles. The number of hydrogen-bond acceptors (Lipinski definition) is 1. The van der Waals surface area contributed by atoms with E-state index in [0.29, 0.717) is 0 Å². The zero-order valence-corrected chi connectivity index (χ0v) is 13.5. The Hall–Kier alpha value is -0.820.